The van der Waals surface area contributed by atoms with E-state index in [9.17, 15) is 4.79 Å². The standard InChI is InChI=1S/C20H26N2O5/c1-22(12-14-6-8-16(24-2)18(10-14)26-4)13-20(23)21-15-7-9-17(25-3)19(11-15)27-5/h6-11H,12-13H2,1-5H3,(H,21,23)/p+1. The third-order valence-corrected chi connectivity index (χ3v) is 4.08. The highest BCUT2D eigenvalue weighted by Crippen LogP contribution is 2.29. The third-order valence-electron chi connectivity index (χ3n) is 4.08. The van der Waals surface area contributed by atoms with Crippen molar-refractivity contribution in [2.75, 3.05) is 47.3 Å². The topological polar surface area (TPSA) is 70.5 Å². The minimum atomic E-state index is -0.0832. The molecule has 1 unspecified atom stereocenters. The van der Waals surface area contributed by atoms with E-state index < -0.39 is 0 Å². The molecule has 7 nitrogen and oxygen atoms in total. The number of amides is 1. The number of benzene rings is 2. The normalized spacial score (nSPS) is 11.4. The minimum Gasteiger partial charge on any atom is -0.493 e. The van der Waals surface area contributed by atoms with E-state index in [4.69, 9.17) is 18.9 Å². The summed E-state index contributed by atoms with van der Waals surface area (Å²) in [4.78, 5) is 13.4. The van der Waals surface area contributed by atoms with Crippen molar-refractivity contribution in [1.82, 2.24) is 0 Å². The molecule has 146 valence electrons. The van der Waals surface area contributed by atoms with Gasteiger partial charge in [0, 0.05) is 17.3 Å². The molecule has 0 aromatic heterocycles. The largest absolute Gasteiger partial charge is 0.493 e. The average Bonchev–Trinajstić information content (AvgIpc) is 2.67. The van der Waals surface area contributed by atoms with Gasteiger partial charge in [0.2, 0.25) is 0 Å². The SMILES string of the molecule is COc1ccc(C[NH+](C)CC(=O)Nc2ccc(OC)c(OC)c2)cc1OC. The first kappa shape index (κ1) is 20.4. The van der Waals surface area contributed by atoms with Gasteiger partial charge >= 0.3 is 0 Å². The number of rotatable bonds is 9. The maximum atomic E-state index is 12.3. The summed E-state index contributed by atoms with van der Waals surface area (Å²) in [5, 5.41) is 2.89. The first-order chi connectivity index (χ1) is 13.0. The van der Waals surface area contributed by atoms with E-state index in [0.29, 0.717) is 41.8 Å². The molecule has 0 heterocycles. The number of quaternary nitrogens is 1. The van der Waals surface area contributed by atoms with Crippen LogP contribution in [0.25, 0.3) is 0 Å². The van der Waals surface area contributed by atoms with Crippen molar-refractivity contribution in [2.24, 2.45) is 0 Å². The number of likely N-dealkylation sites (N-methyl/N-ethyl adjacent to an activating group) is 1. The Hall–Kier alpha value is -2.93. The molecule has 7 heteroatoms. The van der Waals surface area contributed by atoms with Crippen molar-refractivity contribution in [3.05, 3.63) is 42.0 Å². The van der Waals surface area contributed by atoms with Crippen molar-refractivity contribution in [3.63, 3.8) is 0 Å². The number of ether oxygens (including phenoxy) is 4. The molecule has 0 radical (unpaired) electrons. The second-order valence-corrected chi connectivity index (χ2v) is 6.12. The van der Waals surface area contributed by atoms with Crippen LogP contribution in [0.15, 0.2) is 36.4 Å². The van der Waals surface area contributed by atoms with Crippen molar-refractivity contribution >= 4 is 11.6 Å². The Labute approximate surface area is 159 Å². The van der Waals surface area contributed by atoms with Gasteiger partial charge in [-0.1, -0.05) is 0 Å². The summed E-state index contributed by atoms with van der Waals surface area (Å²) >= 11 is 0. The number of anilines is 1. The maximum Gasteiger partial charge on any atom is 0.279 e. The van der Waals surface area contributed by atoms with Gasteiger partial charge in [0.05, 0.1) is 35.5 Å². The average molecular weight is 375 g/mol. The molecule has 0 aliphatic heterocycles. The lowest BCUT2D eigenvalue weighted by molar-refractivity contribution is -0.885. The number of carbonyl (C=O) groups is 1. The highest BCUT2D eigenvalue weighted by molar-refractivity contribution is 5.91. The van der Waals surface area contributed by atoms with Crippen LogP contribution in [0.1, 0.15) is 5.56 Å². The van der Waals surface area contributed by atoms with E-state index >= 15 is 0 Å². The van der Waals surface area contributed by atoms with Crippen molar-refractivity contribution in [2.45, 2.75) is 6.54 Å². The number of nitrogens with one attached hydrogen (secondary N) is 2. The number of hydrogen-bond acceptors (Lipinski definition) is 5. The monoisotopic (exact) mass is 375 g/mol. The van der Waals surface area contributed by atoms with Crippen LogP contribution in [0.2, 0.25) is 0 Å². The first-order valence-electron chi connectivity index (χ1n) is 8.54. The first-order valence-corrected chi connectivity index (χ1v) is 8.54. The summed E-state index contributed by atoms with van der Waals surface area (Å²) in [6.07, 6.45) is 0. The van der Waals surface area contributed by atoms with Gasteiger partial charge in [-0.25, -0.2) is 0 Å². The molecule has 2 aromatic rings. The van der Waals surface area contributed by atoms with Gasteiger partial charge in [-0.2, -0.15) is 0 Å². The Morgan fingerprint density at radius 1 is 0.852 bits per heavy atom. The van der Waals surface area contributed by atoms with Gasteiger partial charge in [0.15, 0.2) is 29.5 Å². The fraction of sp³-hybridized carbons (Fsp3) is 0.350. The van der Waals surface area contributed by atoms with Crippen molar-refractivity contribution in [3.8, 4) is 23.0 Å². The molecule has 0 aliphatic carbocycles. The fourth-order valence-corrected chi connectivity index (χ4v) is 2.79. The summed E-state index contributed by atoms with van der Waals surface area (Å²) in [5.74, 6) is 2.47. The zero-order chi connectivity index (χ0) is 19.8. The Morgan fingerprint density at radius 3 is 2.00 bits per heavy atom. The molecule has 0 fully saturated rings. The van der Waals surface area contributed by atoms with Crippen molar-refractivity contribution < 1.29 is 28.6 Å². The Kier molecular flexibility index (Phi) is 7.31. The second-order valence-electron chi connectivity index (χ2n) is 6.12. The summed E-state index contributed by atoms with van der Waals surface area (Å²) in [5.41, 5.74) is 1.72. The Morgan fingerprint density at radius 2 is 1.41 bits per heavy atom. The molecule has 2 rings (SSSR count). The minimum absolute atomic E-state index is 0.0832. The summed E-state index contributed by atoms with van der Waals surface area (Å²) in [7, 11) is 8.31. The van der Waals surface area contributed by atoms with E-state index in [-0.39, 0.29) is 5.91 Å². The summed E-state index contributed by atoms with van der Waals surface area (Å²) < 4.78 is 21.0. The van der Waals surface area contributed by atoms with E-state index in [1.54, 1.807) is 46.6 Å². The summed E-state index contributed by atoms with van der Waals surface area (Å²) in [6.45, 7) is 1.00. The molecule has 0 saturated carbocycles. The maximum absolute atomic E-state index is 12.3. The van der Waals surface area contributed by atoms with Crippen LogP contribution in [-0.2, 0) is 11.3 Å². The smallest absolute Gasteiger partial charge is 0.279 e. The Balaban J connectivity index is 1.95. The van der Waals surface area contributed by atoms with Gasteiger partial charge < -0.3 is 29.2 Å². The molecule has 0 spiro atoms. The molecule has 0 bridgehead atoms. The van der Waals surface area contributed by atoms with Crippen LogP contribution in [0.4, 0.5) is 5.69 Å². The molecule has 1 amide bonds. The lowest BCUT2D eigenvalue weighted by atomic mass is 10.2. The molecule has 27 heavy (non-hydrogen) atoms. The van der Waals surface area contributed by atoms with Crippen LogP contribution in [0.3, 0.4) is 0 Å². The molecule has 2 N–H and O–H groups in total. The molecular formula is C20H27N2O5+. The molecule has 1 atom stereocenters. The highest BCUT2D eigenvalue weighted by Gasteiger charge is 2.14. The van der Waals surface area contributed by atoms with Gasteiger partial charge in [-0.3, -0.25) is 4.79 Å². The second kappa shape index (κ2) is 9.68. The highest BCUT2D eigenvalue weighted by atomic mass is 16.5. The number of carbonyl (C=O) groups excluding carboxylic acids is 1. The number of methoxy groups -OCH3 is 4. The Bertz CT molecular complexity index is 779. The van der Waals surface area contributed by atoms with Gasteiger partial charge in [0.1, 0.15) is 6.54 Å². The van der Waals surface area contributed by atoms with Gasteiger partial charge in [-0.05, 0) is 30.3 Å². The van der Waals surface area contributed by atoms with E-state index in [1.807, 2.05) is 25.2 Å². The van der Waals surface area contributed by atoms with Crippen LogP contribution in [0, 0.1) is 0 Å². The quantitative estimate of drug-likeness (QED) is 0.693. The lowest BCUT2D eigenvalue weighted by Crippen LogP contribution is -3.08. The van der Waals surface area contributed by atoms with Crippen LogP contribution in [-0.4, -0.2) is 47.9 Å². The van der Waals surface area contributed by atoms with Gasteiger partial charge in [-0.15, -0.1) is 0 Å². The van der Waals surface area contributed by atoms with Gasteiger partial charge in [0.25, 0.3) is 5.91 Å². The number of hydrogen-bond donors (Lipinski definition) is 2. The van der Waals surface area contributed by atoms with E-state index in [2.05, 4.69) is 5.32 Å². The zero-order valence-corrected chi connectivity index (χ0v) is 16.4. The van der Waals surface area contributed by atoms with Crippen LogP contribution >= 0.6 is 0 Å². The predicted octanol–water partition coefficient (Wildman–Crippen LogP) is 1.37. The van der Waals surface area contributed by atoms with Crippen LogP contribution < -0.4 is 29.2 Å². The molecule has 2 aromatic carbocycles. The predicted molar refractivity (Wildman–Crippen MR) is 103 cm³/mol. The molecule has 0 saturated heterocycles. The van der Waals surface area contributed by atoms with E-state index in [1.165, 1.54) is 0 Å². The van der Waals surface area contributed by atoms with Crippen molar-refractivity contribution in [1.29, 1.82) is 0 Å². The molecular weight excluding hydrogens is 348 g/mol. The zero-order valence-electron chi connectivity index (χ0n) is 16.4. The van der Waals surface area contributed by atoms with Crippen LogP contribution in [0.5, 0.6) is 23.0 Å². The molecule has 0 aliphatic rings. The fourth-order valence-electron chi connectivity index (χ4n) is 2.79. The summed E-state index contributed by atoms with van der Waals surface area (Å²) in [6, 6.07) is 11.0. The third kappa shape index (κ3) is 5.52. The lowest BCUT2D eigenvalue weighted by Gasteiger charge is -2.16. The van der Waals surface area contributed by atoms with E-state index in [0.717, 1.165) is 10.5 Å².